The number of ether oxygens (including phenoxy) is 2. The number of carbonyl (C=O) groups is 3. The number of hydrogen-bond acceptors (Lipinski definition) is 5. The predicted molar refractivity (Wildman–Crippen MR) is 60.2 cm³/mol. The molecule has 6 heteroatoms. The van der Waals surface area contributed by atoms with Crippen LogP contribution >= 0.6 is 0 Å². The largest absolute Gasteiger partial charge is 0.469 e. The summed E-state index contributed by atoms with van der Waals surface area (Å²) in [4.78, 5) is 37.1. The zero-order valence-corrected chi connectivity index (χ0v) is 10.5. The van der Waals surface area contributed by atoms with Gasteiger partial charge < -0.3 is 14.4 Å². The van der Waals surface area contributed by atoms with E-state index in [4.69, 9.17) is 9.47 Å². The van der Waals surface area contributed by atoms with Gasteiger partial charge in [0.05, 0.1) is 38.0 Å². The number of amides is 1. The summed E-state index contributed by atoms with van der Waals surface area (Å²) < 4.78 is 9.43. The Hall–Kier alpha value is -1.85. The van der Waals surface area contributed by atoms with Gasteiger partial charge in [0.15, 0.2) is 0 Å². The Bertz CT molecular complexity index is 430. The molecule has 98 valence electrons. The molecule has 0 aromatic heterocycles. The highest BCUT2D eigenvalue weighted by molar-refractivity contribution is 5.94. The van der Waals surface area contributed by atoms with Gasteiger partial charge >= 0.3 is 11.9 Å². The molecule has 0 aromatic carbocycles. The molecule has 18 heavy (non-hydrogen) atoms. The van der Waals surface area contributed by atoms with E-state index in [-0.39, 0.29) is 5.91 Å². The van der Waals surface area contributed by atoms with Gasteiger partial charge in [0.1, 0.15) is 0 Å². The average Bonchev–Trinajstić information content (AvgIpc) is 2.41. The van der Waals surface area contributed by atoms with E-state index in [9.17, 15) is 14.4 Å². The standard InChI is InChI=1S/C12H15NO5/c1-13-7-5-4-6(10(13)14)8(11(15)17-2)9(7)12(16)18-3/h4-9H,1-3H3/t6-,7+,8-,9-/m0/s1. The fourth-order valence-corrected chi connectivity index (χ4v) is 2.75. The van der Waals surface area contributed by atoms with E-state index < -0.39 is 35.7 Å². The van der Waals surface area contributed by atoms with Gasteiger partial charge in [-0.2, -0.15) is 0 Å². The minimum absolute atomic E-state index is 0.168. The van der Waals surface area contributed by atoms with Gasteiger partial charge in [-0.05, 0) is 0 Å². The fraction of sp³-hybridized carbons (Fsp3) is 0.583. The van der Waals surface area contributed by atoms with Crippen LogP contribution in [0.3, 0.4) is 0 Å². The fourth-order valence-electron chi connectivity index (χ4n) is 2.75. The summed E-state index contributed by atoms with van der Waals surface area (Å²) in [5.74, 6) is -3.34. The Labute approximate surface area is 105 Å². The van der Waals surface area contributed by atoms with Crippen LogP contribution in [0.15, 0.2) is 12.2 Å². The van der Waals surface area contributed by atoms with Crippen LogP contribution in [0, 0.1) is 17.8 Å². The molecule has 0 unspecified atom stereocenters. The summed E-state index contributed by atoms with van der Waals surface area (Å²) >= 11 is 0. The molecule has 1 aliphatic carbocycles. The maximum Gasteiger partial charge on any atom is 0.312 e. The minimum Gasteiger partial charge on any atom is -0.469 e. The number of fused-ring (bicyclic) bond motifs is 2. The summed E-state index contributed by atoms with van der Waals surface area (Å²) in [5, 5.41) is 0. The first-order chi connectivity index (χ1) is 8.52. The van der Waals surface area contributed by atoms with E-state index in [1.54, 1.807) is 19.2 Å². The van der Waals surface area contributed by atoms with E-state index in [1.807, 2.05) is 0 Å². The van der Waals surface area contributed by atoms with Gasteiger partial charge in [-0.15, -0.1) is 0 Å². The van der Waals surface area contributed by atoms with Crippen LogP contribution in [-0.4, -0.2) is 50.1 Å². The number of rotatable bonds is 2. The molecule has 0 spiro atoms. The Balaban J connectivity index is 2.43. The zero-order chi connectivity index (χ0) is 13.4. The monoisotopic (exact) mass is 253 g/mol. The lowest BCUT2D eigenvalue weighted by Gasteiger charge is -2.46. The first-order valence-corrected chi connectivity index (χ1v) is 5.63. The highest BCUT2D eigenvalue weighted by Crippen LogP contribution is 2.40. The quantitative estimate of drug-likeness (QED) is 0.494. The maximum atomic E-state index is 12.0. The third-order valence-electron chi connectivity index (χ3n) is 3.68. The number of likely N-dealkylation sites (N-methyl/N-ethyl adjacent to an activating group) is 1. The number of nitrogens with zero attached hydrogens (tertiary/aromatic N) is 1. The molecule has 3 rings (SSSR count). The molecule has 3 aliphatic rings. The van der Waals surface area contributed by atoms with Crippen molar-refractivity contribution in [1.29, 1.82) is 0 Å². The molecule has 0 radical (unpaired) electrons. The zero-order valence-electron chi connectivity index (χ0n) is 10.5. The van der Waals surface area contributed by atoms with E-state index in [0.29, 0.717) is 0 Å². The van der Waals surface area contributed by atoms with Crippen molar-refractivity contribution in [2.24, 2.45) is 17.8 Å². The Morgan fingerprint density at radius 2 is 1.67 bits per heavy atom. The van der Waals surface area contributed by atoms with Gasteiger partial charge in [0.2, 0.25) is 5.91 Å². The molecule has 2 aliphatic heterocycles. The van der Waals surface area contributed by atoms with Gasteiger partial charge in [0, 0.05) is 7.05 Å². The van der Waals surface area contributed by atoms with Crippen molar-refractivity contribution in [2.45, 2.75) is 6.04 Å². The summed E-state index contributed by atoms with van der Waals surface area (Å²) in [5.41, 5.74) is 0. The molecular formula is C12H15NO5. The molecule has 1 amide bonds. The third-order valence-corrected chi connectivity index (χ3v) is 3.68. The van der Waals surface area contributed by atoms with Crippen LogP contribution in [0.5, 0.6) is 0 Å². The van der Waals surface area contributed by atoms with Gasteiger partial charge in [-0.1, -0.05) is 12.2 Å². The molecule has 1 saturated heterocycles. The van der Waals surface area contributed by atoms with Crippen molar-refractivity contribution in [2.75, 3.05) is 21.3 Å². The number of carbonyl (C=O) groups excluding carboxylic acids is 3. The summed E-state index contributed by atoms with van der Waals surface area (Å²) in [6.45, 7) is 0. The topological polar surface area (TPSA) is 72.9 Å². The number of piperidine rings is 1. The van der Waals surface area contributed by atoms with Crippen molar-refractivity contribution in [3.63, 3.8) is 0 Å². The smallest absolute Gasteiger partial charge is 0.312 e. The number of hydrogen-bond donors (Lipinski definition) is 0. The van der Waals surface area contributed by atoms with Crippen molar-refractivity contribution in [3.8, 4) is 0 Å². The number of methoxy groups -OCH3 is 2. The molecule has 2 heterocycles. The van der Waals surface area contributed by atoms with E-state index in [2.05, 4.69) is 0 Å². The van der Waals surface area contributed by atoms with Crippen LogP contribution in [0.4, 0.5) is 0 Å². The van der Waals surface area contributed by atoms with E-state index in [0.717, 1.165) is 0 Å². The molecule has 0 saturated carbocycles. The highest BCUT2D eigenvalue weighted by Gasteiger charge is 2.55. The normalized spacial score (nSPS) is 33.5. The summed E-state index contributed by atoms with van der Waals surface area (Å²) in [6.07, 6.45) is 3.45. The molecule has 0 aromatic rings. The maximum absolute atomic E-state index is 12.0. The lowest BCUT2D eigenvalue weighted by Crippen LogP contribution is -2.61. The first-order valence-electron chi connectivity index (χ1n) is 5.63. The highest BCUT2D eigenvalue weighted by atomic mass is 16.5. The molecule has 1 fully saturated rings. The molecule has 4 atom stereocenters. The van der Waals surface area contributed by atoms with Crippen LogP contribution in [0.1, 0.15) is 0 Å². The first kappa shape index (κ1) is 12.6. The molecule has 0 N–H and O–H groups in total. The lowest BCUT2D eigenvalue weighted by atomic mass is 9.68. The molecule has 6 nitrogen and oxygen atoms in total. The van der Waals surface area contributed by atoms with Gasteiger partial charge in [-0.25, -0.2) is 0 Å². The molecular weight excluding hydrogens is 238 g/mol. The van der Waals surface area contributed by atoms with Crippen LogP contribution in [0.2, 0.25) is 0 Å². The van der Waals surface area contributed by atoms with Crippen molar-refractivity contribution >= 4 is 17.8 Å². The second-order valence-electron chi connectivity index (χ2n) is 4.45. The number of esters is 2. The Kier molecular flexibility index (Phi) is 3.11. The minimum atomic E-state index is -0.791. The second kappa shape index (κ2) is 4.44. The third kappa shape index (κ3) is 1.60. The van der Waals surface area contributed by atoms with Gasteiger partial charge in [0.25, 0.3) is 0 Å². The Morgan fingerprint density at radius 1 is 1.11 bits per heavy atom. The summed E-state index contributed by atoms with van der Waals surface area (Å²) in [6, 6.07) is -0.445. The van der Waals surface area contributed by atoms with Crippen LogP contribution in [-0.2, 0) is 23.9 Å². The van der Waals surface area contributed by atoms with Crippen LogP contribution in [0.25, 0.3) is 0 Å². The SMILES string of the molecule is COC(=O)[C@@H]1[C@@H](C(=O)OC)[C@H]2C=C[C@@H]1C(=O)N2C. The van der Waals surface area contributed by atoms with Crippen molar-refractivity contribution in [1.82, 2.24) is 4.90 Å². The predicted octanol–water partition coefficient (Wildman–Crippen LogP) is -0.409. The second-order valence-corrected chi connectivity index (χ2v) is 4.45. The van der Waals surface area contributed by atoms with Crippen LogP contribution < -0.4 is 0 Å². The van der Waals surface area contributed by atoms with Crippen molar-refractivity contribution in [3.05, 3.63) is 12.2 Å². The van der Waals surface area contributed by atoms with E-state index in [1.165, 1.54) is 19.1 Å². The molecule has 2 bridgehead atoms. The average molecular weight is 253 g/mol. The summed E-state index contributed by atoms with van der Waals surface area (Å²) in [7, 11) is 4.13. The van der Waals surface area contributed by atoms with E-state index >= 15 is 0 Å². The lowest BCUT2D eigenvalue weighted by molar-refractivity contribution is -0.171. The van der Waals surface area contributed by atoms with Gasteiger partial charge in [-0.3, -0.25) is 14.4 Å². The van der Waals surface area contributed by atoms with Crippen molar-refractivity contribution < 1.29 is 23.9 Å². The Morgan fingerprint density at radius 3 is 2.22 bits per heavy atom.